The number of hydrogen-bond donors (Lipinski definition) is 1. The maximum atomic E-state index is 13.3. The summed E-state index contributed by atoms with van der Waals surface area (Å²) in [6.45, 7) is -0.287. The lowest BCUT2D eigenvalue weighted by atomic mass is 10.2. The summed E-state index contributed by atoms with van der Waals surface area (Å²) in [6.07, 6.45) is 0. The van der Waals surface area contributed by atoms with Crippen LogP contribution in [0.3, 0.4) is 0 Å². The van der Waals surface area contributed by atoms with Crippen molar-refractivity contribution in [3.63, 3.8) is 0 Å². The molecule has 0 saturated heterocycles. The Kier molecular flexibility index (Phi) is 5.50. The van der Waals surface area contributed by atoms with E-state index in [1.54, 1.807) is 18.2 Å². The van der Waals surface area contributed by atoms with Crippen LogP contribution >= 0.6 is 11.6 Å². The van der Waals surface area contributed by atoms with E-state index in [1.165, 1.54) is 42.5 Å². The lowest BCUT2D eigenvalue weighted by Crippen LogP contribution is -2.20. The lowest BCUT2D eigenvalue weighted by Gasteiger charge is -2.07. The minimum absolute atomic E-state index is 0.0704. The number of nitro groups is 1. The van der Waals surface area contributed by atoms with Crippen molar-refractivity contribution in [2.75, 3.05) is 11.9 Å². The van der Waals surface area contributed by atoms with Gasteiger partial charge in [0.2, 0.25) is 5.89 Å². The van der Waals surface area contributed by atoms with Gasteiger partial charge in [-0.15, -0.1) is 0 Å². The summed E-state index contributed by atoms with van der Waals surface area (Å²) < 4.78 is 24.2. The van der Waals surface area contributed by atoms with Crippen LogP contribution in [0.25, 0.3) is 22.6 Å². The molecule has 0 aliphatic heterocycles. The number of nitrogens with zero attached hydrogens (tertiary/aromatic N) is 2. The van der Waals surface area contributed by atoms with Crippen molar-refractivity contribution in [1.29, 1.82) is 0 Å². The van der Waals surface area contributed by atoms with Crippen molar-refractivity contribution in [3.05, 3.63) is 81.6 Å². The third-order valence-corrected chi connectivity index (χ3v) is 4.56. The molecule has 4 rings (SSSR count). The number of carbonyl (C=O) groups is 1. The molecule has 0 fully saturated rings. The van der Waals surface area contributed by atoms with E-state index < -0.39 is 16.6 Å². The van der Waals surface area contributed by atoms with Gasteiger partial charge in [-0.25, -0.2) is 9.37 Å². The number of oxazole rings is 1. The van der Waals surface area contributed by atoms with Crippen LogP contribution in [0, 0.1) is 15.9 Å². The molecule has 0 aliphatic rings. The van der Waals surface area contributed by atoms with Gasteiger partial charge >= 0.3 is 0 Å². The summed E-state index contributed by atoms with van der Waals surface area (Å²) in [4.78, 5) is 26.6. The maximum absolute atomic E-state index is 13.3. The second-order valence-corrected chi connectivity index (χ2v) is 6.82. The van der Waals surface area contributed by atoms with Crippen molar-refractivity contribution in [2.24, 2.45) is 0 Å². The fourth-order valence-corrected chi connectivity index (χ4v) is 3.04. The molecule has 1 amide bonds. The van der Waals surface area contributed by atoms with Crippen LogP contribution in [0.1, 0.15) is 0 Å². The molecule has 0 saturated carbocycles. The standard InChI is InChI=1S/C21H13ClFN3O5/c22-17-9-12(23)1-7-16(17)21-25-18-10-13(2-8-19(18)31-21)24-20(27)11-30-15-5-3-14(4-6-15)26(28)29/h1-10H,11H2,(H,24,27). The topological polar surface area (TPSA) is 108 Å². The molecule has 1 heterocycles. The highest BCUT2D eigenvalue weighted by Gasteiger charge is 2.14. The predicted octanol–water partition coefficient (Wildman–Crippen LogP) is 5.21. The Morgan fingerprint density at radius 3 is 2.65 bits per heavy atom. The van der Waals surface area contributed by atoms with Gasteiger partial charge in [-0.1, -0.05) is 11.6 Å². The van der Waals surface area contributed by atoms with Crippen LogP contribution in [0.4, 0.5) is 15.8 Å². The number of halogens is 2. The Hall–Kier alpha value is -3.98. The van der Waals surface area contributed by atoms with E-state index in [0.717, 1.165) is 0 Å². The second kappa shape index (κ2) is 8.41. The molecule has 0 unspecified atom stereocenters. The van der Waals surface area contributed by atoms with Crippen LogP contribution in [0.15, 0.2) is 65.1 Å². The van der Waals surface area contributed by atoms with Crippen LogP contribution in [0.5, 0.6) is 5.75 Å². The first-order valence-corrected chi connectivity index (χ1v) is 9.30. The van der Waals surface area contributed by atoms with Crippen molar-refractivity contribution < 1.29 is 23.3 Å². The van der Waals surface area contributed by atoms with Gasteiger partial charge in [-0.05, 0) is 48.5 Å². The molecule has 10 heteroatoms. The molecule has 8 nitrogen and oxygen atoms in total. The summed E-state index contributed by atoms with van der Waals surface area (Å²) >= 11 is 6.06. The Bertz CT molecular complexity index is 1290. The predicted molar refractivity (Wildman–Crippen MR) is 112 cm³/mol. The summed E-state index contributed by atoms with van der Waals surface area (Å²) in [6, 6.07) is 14.2. The summed E-state index contributed by atoms with van der Waals surface area (Å²) in [7, 11) is 0. The number of benzene rings is 3. The smallest absolute Gasteiger partial charge is 0.269 e. The number of hydrogen-bond acceptors (Lipinski definition) is 6. The third kappa shape index (κ3) is 4.62. The highest BCUT2D eigenvalue weighted by Crippen LogP contribution is 2.31. The van der Waals surface area contributed by atoms with Gasteiger partial charge in [0, 0.05) is 17.8 Å². The Morgan fingerprint density at radius 1 is 1.16 bits per heavy atom. The first-order chi connectivity index (χ1) is 14.9. The minimum atomic E-state index is -0.522. The van der Waals surface area contributed by atoms with Gasteiger partial charge in [-0.2, -0.15) is 0 Å². The lowest BCUT2D eigenvalue weighted by molar-refractivity contribution is -0.384. The van der Waals surface area contributed by atoms with Gasteiger partial charge in [0.05, 0.1) is 15.5 Å². The third-order valence-electron chi connectivity index (χ3n) is 4.25. The molecule has 0 spiro atoms. The number of amides is 1. The Morgan fingerprint density at radius 2 is 1.94 bits per heavy atom. The Labute approximate surface area is 179 Å². The van der Waals surface area contributed by atoms with E-state index in [1.807, 2.05) is 0 Å². The van der Waals surface area contributed by atoms with Gasteiger partial charge in [0.15, 0.2) is 12.2 Å². The number of fused-ring (bicyclic) bond motifs is 1. The molecule has 0 radical (unpaired) electrons. The van der Waals surface area contributed by atoms with Gasteiger partial charge < -0.3 is 14.5 Å². The first kappa shape index (κ1) is 20.3. The normalized spacial score (nSPS) is 10.8. The number of non-ortho nitro benzene ring substituents is 1. The molecule has 0 aliphatic carbocycles. The van der Waals surface area contributed by atoms with Crippen LogP contribution in [-0.2, 0) is 4.79 Å². The fraction of sp³-hybridized carbons (Fsp3) is 0.0476. The number of ether oxygens (including phenoxy) is 1. The molecule has 4 aromatic rings. The van der Waals surface area contributed by atoms with Crippen molar-refractivity contribution >= 4 is 40.0 Å². The van der Waals surface area contributed by atoms with Gasteiger partial charge in [0.25, 0.3) is 11.6 Å². The number of aromatic nitrogens is 1. The van der Waals surface area contributed by atoms with E-state index in [-0.39, 0.29) is 23.2 Å². The zero-order chi connectivity index (χ0) is 22.0. The molecular weight excluding hydrogens is 429 g/mol. The zero-order valence-electron chi connectivity index (χ0n) is 15.7. The summed E-state index contributed by atoms with van der Waals surface area (Å²) in [5.74, 6) is -0.340. The van der Waals surface area contributed by atoms with E-state index in [9.17, 15) is 19.3 Å². The van der Waals surface area contributed by atoms with Crippen LogP contribution < -0.4 is 10.1 Å². The largest absolute Gasteiger partial charge is 0.484 e. The molecule has 0 atom stereocenters. The quantitative estimate of drug-likeness (QED) is 0.325. The number of carbonyl (C=O) groups excluding carboxylic acids is 1. The molecule has 0 bridgehead atoms. The number of nitro benzene ring substituents is 1. The second-order valence-electron chi connectivity index (χ2n) is 6.41. The molecule has 156 valence electrons. The number of nitrogens with one attached hydrogen (secondary N) is 1. The molecular formula is C21H13ClFN3O5. The first-order valence-electron chi connectivity index (χ1n) is 8.92. The average molecular weight is 442 g/mol. The average Bonchev–Trinajstić information content (AvgIpc) is 3.15. The summed E-state index contributed by atoms with van der Waals surface area (Å²) in [5.41, 5.74) is 1.79. The zero-order valence-corrected chi connectivity index (χ0v) is 16.4. The van der Waals surface area contributed by atoms with Crippen molar-refractivity contribution in [3.8, 4) is 17.2 Å². The van der Waals surface area contributed by atoms with Gasteiger partial charge in [0.1, 0.15) is 17.1 Å². The Balaban J connectivity index is 1.43. The molecule has 3 aromatic carbocycles. The van der Waals surface area contributed by atoms with E-state index in [2.05, 4.69) is 10.3 Å². The fourth-order valence-electron chi connectivity index (χ4n) is 2.79. The summed E-state index contributed by atoms with van der Waals surface area (Å²) in [5, 5.41) is 13.5. The van der Waals surface area contributed by atoms with E-state index in [4.69, 9.17) is 20.8 Å². The van der Waals surface area contributed by atoms with Crippen molar-refractivity contribution in [2.45, 2.75) is 0 Å². The molecule has 31 heavy (non-hydrogen) atoms. The van der Waals surface area contributed by atoms with Gasteiger partial charge in [-0.3, -0.25) is 14.9 Å². The number of anilines is 1. The highest BCUT2D eigenvalue weighted by atomic mass is 35.5. The molecule has 1 N–H and O–H groups in total. The highest BCUT2D eigenvalue weighted by molar-refractivity contribution is 6.33. The van der Waals surface area contributed by atoms with Crippen molar-refractivity contribution in [1.82, 2.24) is 4.98 Å². The van der Waals surface area contributed by atoms with Crippen LogP contribution in [0.2, 0.25) is 5.02 Å². The SMILES string of the molecule is O=C(COc1ccc([N+](=O)[O-])cc1)Nc1ccc2oc(-c3ccc(F)cc3Cl)nc2c1. The minimum Gasteiger partial charge on any atom is -0.484 e. The van der Waals surface area contributed by atoms with Crippen LogP contribution in [-0.4, -0.2) is 22.4 Å². The van der Waals surface area contributed by atoms with E-state index in [0.29, 0.717) is 28.1 Å². The maximum Gasteiger partial charge on any atom is 0.269 e. The number of rotatable bonds is 6. The molecule has 1 aromatic heterocycles. The van der Waals surface area contributed by atoms with E-state index >= 15 is 0 Å². The monoisotopic (exact) mass is 441 g/mol.